The minimum absolute atomic E-state index is 0.581. The second kappa shape index (κ2) is 7.41. The molecule has 0 aliphatic heterocycles. The first-order valence-electron chi connectivity index (χ1n) is 5.19. The molecule has 2 nitrogen and oxygen atoms in total. The summed E-state index contributed by atoms with van der Waals surface area (Å²) in [6.07, 6.45) is 0. The fourth-order valence-corrected chi connectivity index (χ4v) is 2.91. The maximum Gasteiger partial charge on any atom is 0.138 e. The van der Waals surface area contributed by atoms with E-state index in [2.05, 4.69) is 43.8 Å². The van der Waals surface area contributed by atoms with Gasteiger partial charge in [-0.1, -0.05) is 34.1 Å². The van der Waals surface area contributed by atoms with Gasteiger partial charge in [0.25, 0.3) is 0 Å². The third kappa shape index (κ3) is 5.00. The molecule has 94 valence electrons. The maximum atomic E-state index is 5.70. The highest BCUT2D eigenvalue weighted by atomic mass is 79.9. The molecule has 0 aromatic heterocycles. The van der Waals surface area contributed by atoms with Crippen molar-refractivity contribution in [1.82, 2.24) is 5.32 Å². The van der Waals surface area contributed by atoms with Gasteiger partial charge in [-0.2, -0.15) is 0 Å². The van der Waals surface area contributed by atoms with Gasteiger partial charge < -0.3 is 10.1 Å². The Morgan fingerprint density at radius 2 is 2.18 bits per heavy atom. The Balaban J connectivity index is 2.83. The molecule has 0 aliphatic carbocycles. The highest BCUT2D eigenvalue weighted by molar-refractivity contribution is 9.11. The highest BCUT2D eigenvalue weighted by Crippen LogP contribution is 2.32. The molecule has 0 heterocycles. The summed E-state index contributed by atoms with van der Waals surface area (Å²) in [6, 6.07) is 3.99. The van der Waals surface area contributed by atoms with E-state index < -0.39 is 0 Å². The van der Waals surface area contributed by atoms with Crippen LogP contribution in [-0.4, -0.2) is 13.2 Å². The molecule has 1 rings (SSSR count). The predicted octanol–water partition coefficient (Wildman–Crippen LogP) is 4.45. The molecule has 5 heteroatoms. The summed E-state index contributed by atoms with van der Waals surface area (Å²) in [5, 5.41) is 3.80. The van der Waals surface area contributed by atoms with Gasteiger partial charge in [0.2, 0.25) is 0 Å². The van der Waals surface area contributed by atoms with Crippen molar-refractivity contribution in [2.24, 2.45) is 0 Å². The normalized spacial score (nSPS) is 10.4. The Morgan fingerprint density at radius 1 is 1.47 bits per heavy atom. The molecule has 0 bridgehead atoms. The molecule has 0 unspecified atom stereocenters. The molecule has 0 radical (unpaired) electrons. The molecule has 0 aliphatic rings. The summed E-state index contributed by atoms with van der Waals surface area (Å²) >= 11 is 12.7. The first kappa shape index (κ1) is 15.0. The molecular formula is C12H14Br2ClNO. The number of hydrogen-bond acceptors (Lipinski definition) is 2. The Hall–Kier alpha value is -0.0300. The van der Waals surface area contributed by atoms with Crippen LogP contribution >= 0.6 is 43.5 Å². The van der Waals surface area contributed by atoms with E-state index in [1.54, 1.807) is 0 Å². The molecule has 0 spiro atoms. The first-order chi connectivity index (χ1) is 8.04. The lowest BCUT2D eigenvalue weighted by atomic mass is 10.2. The second-order valence-corrected chi connectivity index (χ2v) is 5.73. The van der Waals surface area contributed by atoms with Crippen LogP contribution < -0.4 is 10.1 Å². The molecule has 1 aromatic carbocycles. The average Bonchev–Trinajstić information content (AvgIpc) is 2.22. The maximum absolute atomic E-state index is 5.70. The van der Waals surface area contributed by atoms with Crippen LogP contribution in [0.2, 0.25) is 0 Å². The largest absolute Gasteiger partial charge is 0.492 e. The minimum atomic E-state index is 0.581. The summed E-state index contributed by atoms with van der Waals surface area (Å²) in [6.45, 7) is 7.49. The van der Waals surface area contributed by atoms with Gasteiger partial charge in [0, 0.05) is 28.2 Å². The van der Waals surface area contributed by atoms with Gasteiger partial charge in [-0.25, -0.2) is 0 Å². The van der Waals surface area contributed by atoms with Crippen molar-refractivity contribution in [3.05, 3.63) is 38.3 Å². The summed E-state index contributed by atoms with van der Waals surface area (Å²) < 4.78 is 7.57. The molecule has 0 amide bonds. The monoisotopic (exact) mass is 381 g/mol. The molecule has 0 saturated carbocycles. The van der Waals surface area contributed by atoms with E-state index in [-0.39, 0.29) is 0 Å². The summed E-state index contributed by atoms with van der Waals surface area (Å²) in [7, 11) is 0. The topological polar surface area (TPSA) is 21.3 Å². The van der Waals surface area contributed by atoms with Crippen molar-refractivity contribution in [1.29, 1.82) is 0 Å². The lowest BCUT2D eigenvalue weighted by Gasteiger charge is -2.13. The van der Waals surface area contributed by atoms with Crippen LogP contribution in [0.5, 0.6) is 5.75 Å². The lowest BCUT2D eigenvalue weighted by Crippen LogP contribution is -2.15. The van der Waals surface area contributed by atoms with Crippen LogP contribution in [0.15, 0.2) is 32.7 Å². The van der Waals surface area contributed by atoms with Crippen molar-refractivity contribution in [2.75, 3.05) is 13.2 Å². The predicted molar refractivity (Wildman–Crippen MR) is 79.7 cm³/mol. The number of nitrogens with one attached hydrogen (secondary N) is 1. The van der Waals surface area contributed by atoms with Crippen LogP contribution in [0.1, 0.15) is 12.5 Å². The van der Waals surface area contributed by atoms with Crippen LogP contribution in [0.25, 0.3) is 0 Å². The molecule has 0 saturated heterocycles. The number of halogens is 3. The third-order valence-electron chi connectivity index (χ3n) is 2.01. The molecule has 0 atom stereocenters. The van der Waals surface area contributed by atoms with Gasteiger partial charge in [-0.15, -0.1) is 0 Å². The van der Waals surface area contributed by atoms with E-state index in [1.807, 2.05) is 19.1 Å². The minimum Gasteiger partial charge on any atom is -0.492 e. The number of rotatable bonds is 6. The Bertz CT molecular complexity index is 410. The smallest absolute Gasteiger partial charge is 0.138 e. The van der Waals surface area contributed by atoms with Crippen LogP contribution in [-0.2, 0) is 6.54 Å². The molecule has 17 heavy (non-hydrogen) atoms. The van der Waals surface area contributed by atoms with Crippen molar-refractivity contribution in [3.63, 3.8) is 0 Å². The fraction of sp³-hybridized carbons (Fsp3) is 0.333. The Morgan fingerprint density at radius 3 is 2.76 bits per heavy atom. The standard InChI is InChI=1S/C12H14Br2ClNO/c1-3-17-12-9(7-16-6-8(2)15)4-10(13)5-11(12)14/h4-5,16H,2-3,6-7H2,1H3. The average molecular weight is 384 g/mol. The Kier molecular flexibility index (Phi) is 6.55. The van der Waals surface area contributed by atoms with E-state index in [9.17, 15) is 0 Å². The van der Waals surface area contributed by atoms with E-state index in [0.717, 1.165) is 20.3 Å². The zero-order chi connectivity index (χ0) is 12.8. The molecule has 0 fully saturated rings. The van der Waals surface area contributed by atoms with Crippen LogP contribution in [0.3, 0.4) is 0 Å². The van der Waals surface area contributed by atoms with E-state index in [4.69, 9.17) is 16.3 Å². The van der Waals surface area contributed by atoms with E-state index in [0.29, 0.717) is 24.7 Å². The van der Waals surface area contributed by atoms with Gasteiger partial charge in [-0.05, 0) is 35.0 Å². The van der Waals surface area contributed by atoms with Crippen LogP contribution in [0.4, 0.5) is 0 Å². The molecule has 1 aromatic rings. The molecular weight excluding hydrogens is 369 g/mol. The van der Waals surface area contributed by atoms with Gasteiger partial charge in [-0.3, -0.25) is 0 Å². The van der Waals surface area contributed by atoms with E-state index >= 15 is 0 Å². The zero-order valence-corrected chi connectivity index (χ0v) is 13.5. The van der Waals surface area contributed by atoms with Gasteiger partial charge >= 0.3 is 0 Å². The lowest BCUT2D eigenvalue weighted by molar-refractivity contribution is 0.333. The van der Waals surface area contributed by atoms with Crippen molar-refractivity contribution in [2.45, 2.75) is 13.5 Å². The first-order valence-corrected chi connectivity index (χ1v) is 7.15. The van der Waals surface area contributed by atoms with Crippen LogP contribution in [0, 0.1) is 0 Å². The van der Waals surface area contributed by atoms with Gasteiger partial charge in [0.15, 0.2) is 0 Å². The number of benzene rings is 1. The van der Waals surface area contributed by atoms with Crippen molar-refractivity contribution in [3.8, 4) is 5.75 Å². The second-order valence-electron chi connectivity index (χ2n) is 3.43. The number of ether oxygens (including phenoxy) is 1. The SMILES string of the molecule is C=C(Cl)CNCc1cc(Br)cc(Br)c1OCC. The quantitative estimate of drug-likeness (QED) is 0.784. The summed E-state index contributed by atoms with van der Waals surface area (Å²) in [5.41, 5.74) is 1.08. The van der Waals surface area contributed by atoms with Gasteiger partial charge in [0.05, 0.1) is 11.1 Å². The van der Waals surface area contributed by atoms with Gasteiger partial charge in [0.1, 0.15) is 5.75 Å². The van der Waals surface area contributed by atoms with Crippen molar-refractivity contribution < 1.29 is 4.74 Å². The van der Waals surface area contributed by atoms with E-state index in [1.165, 1.54) is 0 Å². The highest BCUT2D eigenvalue weighted by Gasteiger charge is 2.09. The fourth-order valence-electron chi connectivity index (χ4n) is 1.38. The summed E-state index contributed by atoms with van der Waals surface area (Å²) in [5.74, 6) is 0.864. The zero-order valence-electron chi connectivity index (χ0n) is 9.53. The van der Waals surface area contributed by atoms with Crippen molar-refractivity contribution >= 4 is 43.5 Å². The molecule has 1 N–H and O–H groups in total. The Labute approximate surface area is 124 Å². The summed E-state index contributed by atoms with van der Waals surface area (Å²) in [4.78, 5) is 0. The third-order valence-corrected chi connectivity index (χ3v) is 3.19. The number of hydrogen-bond donors (Lipinski definition) is 1.